The van der Waals surface area contributed by atoms with Gasteiger partial charge in [-0.25, -0.2) is 0 Å². The molecule has 162 valence electrons. The summed E-state index contributed by atoms with van der Waals surface area (Å²) in [6.07, 6.45) is 3.47. The molecule has 0 aliphatic rings. The van der Waals surface area contributed by atoms with Crippen LogP contribution in [0.1, 0.15) is 11.1 Å². The maximum absolute atomic E-state index is 12.7. The summed E-state index contributed by atoms with van der Waals surface area (Å²) >= 11 is 1.32. The minimum atomic E-state index is -0.153. The Hall–Kier alpha value is -3.65. The van der Waals surface area contributed by atoms with Crippen molar-refractivity contribution in [2.45, 2.75) is 19.0 Å². The van der Waals surface area contributed by atoms with Gasteiger partial charge in [0.15, 0.2) is 11.0 Å². The third-order valence-electron chi connectivity index (χ3n) is 4.81. The Morgan fingerprint density at radius 3 is 2.56 bits per heavy atom. The fourth-order valence-corrected chi connectivity index (χ4v) is 3.96. The Kier molecular flexibility index (Phi) is 6.51. The van der Waals surface area contributed by atoms with Crippen molar-refractivity contribution in [1.29, 1.82) is 0 Å². The summed E-state index contributed by atoms with van der Waals surface area (Å²) < 4.78 is 7.30. The molecule has 0 aliphatic carbocycles. The highest BCUT2D eigenvalue weighted by atomic mass is 32.2. The van der Waals surface area contributed by atoms with Gasteiger partial charge in [0, 0.05) is 23.6 Å². The number of amides is 1. The number of benzene rings is 2. The normalized spacial score (nSPS) is 10.7. The van der Waals surface area contributed by atoms with Crippen molar-refractivity contribution in [3.8, 4) is 22.8 Å². The molecule has 0 saturated carbocycles. The fraction of sp³-hybridized carbons (Fsp3) is 0.167. The van der Waals surface area contributed by atoms with E-state index in [2.05, 4.69) is 20.5 Å². The lowest BCUT2D eigenvalue weighted by Crippen LogP contribution is -2.15. The highest BCUT2D eigenvalue weighted by molar-refractivity contribution is 7.99. The van der Waals surface area contributed by atoms with Gasteiger partial charge in [0.25, 0.3) is 0 Å². The average Bonchev–Trinajstić information content (AvgIpc) is 3.23. The number of ether oxygens (including phenoxy) is 1. The molecule has 0 unspecified atom stereocenters. The van der Waals surface area contributed by atoms with Crippen molar-refractivity contribution >= 4 is 23.4 Å². The smallest absolute Gasteiger partial charge is 0.234 e. The van der Waals surface area contributed by atoms with Gasteiger partial charge in [0.05, 0.1) is 18.6 Å². The zero-order valence-corrected chi connectivity index (χ0v) is 18.9. The molecule has 7 nitrogen and oxygen atoms in total. The fourth-order valence-electron chi connectivity index (χ4n) is 3.21. The van der Waals surface area contributed by atoms with E-state index in [0.29, 0.717) is 22.4 Å². The van der Waals surface area contributed by atoms with Crippen LogP contribution in [-0.4, -0.2) is 38.5 Å². The molecule has 1 N–H and O–H groups in total. The summed E-state index contributed by atoms with van der Waals surface area (Å²) in [5, 5.41) is 12.3. The molecule has 0 saturated heterocycles. The van der Waals surface area contributed by atoms with E-state index in [1.165, 1.54) is 11.8 Å². The van der Waals surface area contributed by atoms with E-state index in [-0.39, 0.29) is 11.7 Å². The molecule has 2 aromatic heterocycles. The van der Waals surface area contributed by atoms with Crippen LogP contribution in [0.25, 0.3) is 17.1 Å². The number of hydrogen-bond acceptors (Lipinski definition) is 6. The molecule has 32 heavy (non-hydrogen) atoms. The number of hydrogen-bond donors (Lipinski definition) is 1. The summed E-state index contributed by atoms with van der Waals surface area (Å²) in [4.78, 5) is 16.9. The molecule has 4 aromatic rings. The molecule has 4 rings (SSSR count). The monoisotopic (exact) mass is 445 g/mol. The molecule has 8 heteroatoms. The number of aromatic nitrogens is 4. The van der Waals surface area contributed by atoms with Gasteiger partial charge in [-0.3, -0.25) is 14.3 Å². The van der Waals surface area contributed by atoms with Crippen molar-refractivity contribution in [2.24, 2.45) is 0 Å². The first-order valence-corrected chi connectivity index (χ1v) is 11.0. The maximum Gasteiger partial charge on any atom is 0.234 e. The van der Waals surface area contributed by atoms with E-state index < -0.39 is 0 Å². The predicted molar refractivity (Wildman–Crippen MR) is 126 cm³/mol. The Balaban J connectivity index is 1.59. The van der Waals surface area contributed by atoms with E-state index in [4.69, 9.17) is 4.74 Å². The molecule has 0 bridgehead atoms. The van der Waals surface area contributed by atoms with Crippen molar-refractivity contribution in [3.05, 3.63) is 78.1 Å². The van der Waals surface area contributed by atoms with Crippen LogP contribution in [-0.2, 0) is 4.79 Å². The number of carbonyl (C=O) groups is 1. The number of nitrogens with one attached hydrogen (secondary N) is 1. The van der Waals surface area contributed by atoms with E-state index in [1.807, 2.05) is 73.0 Å². The lowest BCUT2D eigenvalue weighted by atomic mass is 10.2. The van der Waals surface area contributed by atoms with E-state index in [1.54, 1.807) is 19.5 Å². The molecular formula is C24H23N5O2S. The number of anilines is 1. The number of thioether (sulfide) groups is 1. The molecule has 0 radical (unpaired) electrons. The number of carbonyl (C=O) groups excluding carboxylic acids is 1. The highest BCUT2D eigenvalue weighted by Crippen LogP contribution is 2.29. The van der Waals surface area contributed by atoms with Gasteiger partial charge in [-0.15, -0.1) is 10.2 Å². The average molecular weight is 446 g/mol. The van der Waals surface area contributed by atoms with Crippen LogP contribution in [0.3, 0.4) is 0 Å². The number of methoxy groups -OCH3 is 1. The van der Waals surface area contributed by atoms with Gasteiger partial charge in [-0.05, 0) is 55.8 Å². The summed E-state index contributed by atoms with van der Waals surface area (Å²) in [5.74, 6) is 1.31. The van der Waals surface area contributed by atoms with Crippen LogP contribution in [0, 0.1) is 13.8 Å². The molecule has 0 fully saturated rings. The molecule has 2 aromatic carbocycles. The second-order valence-electron chi connectivity index (χ2n) is 7.26. The Morgan fingerprint density at radius 1 is 1.06 bits per heavy atom. The van der Waals surface area contributed by atoms with Gasteiger partial charge < -0.3 is 10.1 Å². The van der Waals surface area contributed by atoms with Gasteiger partial charge in [-0.1, -0.05) is 35.5 Å². The first kappa shape index (κ1) is 21.6. The summed E-state index contributed by atoms with van der Waals surface area (Å²) in [6.45, 7) is 4.01. The third kappa shape index (κ3) is 4.81. The summed E-state index contributed by atoms with van der Waals surface area (Å²) in [7, 11) is 1.58. The zero-order valence-electron chi connectivity index (χ0n) is 18.1. The topological polar surface area (TPSA) is 81.9 Å². The van der Waals surface area contributed by atoms with Crippen molar-refractivity contribution < 1.29 is 9.53 Å². The minimum absolute atomic E-state index is 0.153. The largest absolute Gasteiger partial charge is 0.495 e. The molecule has 1 amide bonds. The van der Waals surface area contributed by atoms with E-state index in [0.717, 1.165) is 22.4 Å². The van der Waals surface area contributed by atoms with E-state index >= 15 is 0 Å². The molecule has 2 heterocycles. The maximum atomic E-state index is 12.7. The van der Waals surface area contributed by atoms with Gasteiger partial charge in [-0.2, -0.15) is 0 Å². The number of rotatable bonds is 7. The van der Waals surface area contributed by atoms with Crippen LogP contribution in [0.15, 0.2) is 72.1 Å². The Bertz CT molecular complexity index is 1220. The first-order valence-electron chi connectivity index (χ1n) is 10.1. The van der Waals surface area contributed by atoms with Crippen LogP contribution >= 0.6 is 11.8 Å². The highest BCUT2D eigenvalue weighted by Gasteiger charge is 2.18. The van der Waals surface area contributed by atoms with Crippen molar-refractivity contribution in [2.75, 3.05) is 18.2 Å². The Morgan fingerprint density at radius 2 is 1.84 bits per heavy atom. The second-order valence-corrected chi connectivity index (χ2v) is 8.20. The Labute approximate surface area is 190 Å². The quantitative estimate of drug-likeness (QED) is 0.416. The van der Waals surface area contributed by atoms with Gasteiger partial charge >= 0.3 is 0 Å². The minimum Gasteiger partial charge on any atom is -0.495 e. The van der Waals surface area contributed by atoms with Crippen LogP contribution < -0.4 is 10.1 Å². The number of aryl methyl sites for hydroxylation is 2. The van der Waals surface area contributed by atoms with Crippen LogP contribution in [0.4, 0.5) is 5.69 Å². The molecule has 0 aliphatic heterocycles. The van der Waals surface area contributed by atoms with Crippen molar-refractivity contribution in [3.63, 3.8) is 0 Å². The summed E-state index contributed by atoms with van der Waals surface area (Å²) in [5.41, 5.74) is 4.61. The number of pyridine rings is 1. The van der Waals surface area contributed by atoms with Gasteiger partial charge in [0.1, 0.15) is 5.75 Å². The summed E-state index contributed by atoms with van der Waals surface area (Å²) in [6, 6.07) is 17.6. The standard InChI is InChI=1S/C24H23N5O2S/c1-16-6-9-19(10-7-16)29-23(18-5-4-12-25-14-18)27-28-24(29)32-15-22(30)26-20-13-17(2)8-11-21(20)31-3/h4-14H,15H2,1-3H3,(H,26,30). The zero-order chi connectivity index (χ0) is 22.5. The van der Waals surface area contributed by atoms with Crippen molar-refractivity contribution in [1.82, 2.24) is 19.7 Å². The SMILES string of the molecule is COc1ccc(C)cc1NC(=O)CSc1nnc(-c2cccnc2)n1-c1ccc(C)cc1. The lowest BCUT2D eigenvalue weighted by molar-refractivity contribution is -0.113. The first-order chi connectivity index (χ1) is 15.5. The molecule has 0 atom stereocenters. The lowest BCUT2D eigenvalue weighted by Gasteiger charge is -2.12. The van der Waals surface area contributed by atoms with E-state index in [9.17, 15) is 4.79 Å². The second kappa shape index (κ2) is 9.65. The van der Waals surface area contributed by atoms with Crippen LogP contribution in [0.2, 0.25) is 0 Å². The van der Waals surface area contributed by atoms with Gasteiger partial charge in [0.2, 0.25) is 5.91 Å². The molecule has 0 spiro atoms. The third-order valence-corrected chi connectivity index (χ3v) is 5.74. The van der Waals surface area contributed by atoms with Crippen LogP contribution in [0.5, 0.6) is 5.75 Å². The molecular weight excluding hydrogens is 422 g/mol. The number of nitrogens with zero attached hydrogens (tertiary/aromatic N) is 4. The predicted octanol–water partition coefficient (Wildman–Crippen LogP) is 4.69.